The van der Waals surface area contributed by atoms with Gasteiger partial charge < -0.3 is 14.6 Å². The third-order valence-corrected chi connectivity index (χ3v) is 6.32. The topological polar surface area (TPSA) is 75.3 Å². The zero-order chi connectivity index (χ0) is 20.7. The largest absolute Gasteiger partial charge is 0.465 e. The molecule has 6 nitrogen and oxygen atoms in total. The van der Waals surface area contributed by atoms with Crippen LogP contribution in [0.25, 0.3) is 21.5 Å². The van der Waals surface area contributed by atoms with Crippen molar-refractivity contribution in [1.29, 1.82) is 0 Å². The number of carbonyl (C=O) groups is 2. The molecule has 3 heterocycles. The summed E-state index contributed by atoms with van der Waals surface area (Å²) in [5.41, 5.74) is 5.10. The van der Waals surface area contributed by atoms with E-state index in [2.05, 4.69) is 9.97 Å². The standard InChI is InChI=1S/C23H19N3O3S/c1-29-23(28)15-7-8-18-16(11-15)17-12-26(10-9-19(17)24-18)22(27)20-13-30-21(25-20)14-5-3-2-4-6-14/h2-8,11,13,24H,9-10,12H2,1H3. The number of hydrogen-bond donors (Lipinski definition) is 1. The molecule has 0 saturated carbocycles. The average molecular weight is 417 g/mol. The Balaban J connectivity index is 1.43. The van der Waals surface area contributed by atoms with Gasteiger partial charge >= 0.3 is 5.97 Å². The van der Waals surface area contributed by atoms with Gasteiger partial charge in [-0.15, -0.1) is 11.3 Å². The number of nitrogens with zero attached hydrogens (tertiary/aromatic N) is 2. The Kier molecular flexibility index (Phi) is 4.59. The summed E-state index contributed by atoms with van der Waals surface area (Å²) in [4.78, 5) is 34.9. The number of aromatic amines is 1. The Bertz CT molecular complexity index is 1260. The summed E-state index contributed by atoms with van der Waals surface area (Å²) >= 11 is 1.48. The molecule has 1 aliphatic heterocycles. The van der Waals surface area contributed by atoms with Crippen molar-refractivity contribution < 1.29 is 14.3 Å². The number of fused-ring (bicyclic) bond motifs is 3. The molecule has 0 aliphatic carbocycles. The van der Waals surface area contributed by atoms with Gasteiger partial charge in [-0.2, -0.15) is 0 Å². The normalized spacial score (nSPS) is 13.3. The van der Waals surface area contributed by atoms with Crippen LogP contribution in [0.3, 0.4) is 0 Å². The van der Waals surface area contributed by atoms with Crippen molar-refractivity contribution in [3.8, 4) is 10.6 Å². The van der Waals surface area contributed by atoms with Crippen molar-refractivity contribution in [2.45, 2.75) is 13.0 Å². The summed E-state index contributed by atoms with van der Waals surface area (Å²) in [6.45, 7) is 1.11. The second-order valence-corrected chi connectivity index (χ2v) is 8.07. The number of rotatable bonds is 3. The number of amides is 1. The molecular formula is C23H19N3O3S. The fourth-order valence-electron chi connectivity index (χ4n) is 3.88. The van der Waals surface area contributed by atoms with Gasteiger partial charge in [-0.25, -0.2) is 9.78 Å². The first-order valence-corrected chi connectivity index (χ1v) is 10.5. The highest BCUT2D eigenvalue weighted by Gasteiger charge is 2.26. The molecule has 1 amide bonds. The SMILES string of the molecule is COC(=O)c1ccc2[nH]c3c(c2c1)CN(C(=O)c1csc(-c2ccccc2)n1)CC3. The quantitative estimate of drug-likeness (QED) is 0.505. The minimum absolute atomic E-state index is 0.0717. The first-order valence-electron chi connectivity index (χ1n) is 9.66. The Morgan fingerprint density at radius 2 is 2.00 bits per heavy atom. The highest BCUT2D eigenvalue weighted by Crippen LogP contribution is 2.30. The average Bonchev–Trinajstić information content (AvgIpc) is 3.43. The molecule has 30 heavy (non-hydrogen) atoms. The maximum Gasteiger partial charge on any atom is 0.337 e. The van der Waals surface area contributed by atoms with Gasteiger partial charge in [0.25, 0.3) is 5.91 Å². The van der Waals surface area contributed by atoms with E-state index in [1.54, 1.807) is 6.07 Å². The summed E-state index contributed by atoms with van der Waals surface area (Å²) < 4.78 is 4.84. The van der Waals surface area contributed by atoms with E-state index in [4.69, 9.17) is 4.74 Å². The number of H-pyrrole nitrogens is 1. The van der Waals surface area contributed by atoms with Crippen LogP contribution in [0.5, 0.6) is 0 Å². The van der Waals surface area contributed by atoms with Crippen LogP contribution in [0.15, 0.2) is 53.9 Å². The number of nitrogens with one attached hydrogen (secondary N) is 1. The second-order valence-electron chi connectivity index (χ2n) is 7.21. The number of methoxy groups -OCH3 is 1. The Labute approximate surface area is 177 Å². The van der Waals surface area contributed by atoms with Crippen LogP contribution in [0.1, 0.15) is 32.1 Å². The molecule has 0 atom stereocenters. The van der Waals surface area contributed by atoms with Crippen LogP contribution in [-0.2, 0) is 17.7 Å². The van der Waals surface area contributed by atoms with E-state index in [1.165, 1.54) is 18.4 Å². The van der Waals surface area contributed by atoms with Crippen LogP contribution in [-0.4, -0.2) is 40.4 Å². The van der Waals surface area contributed by atoms with E-state index in [0.717, 1.165) is 39.2 Å². The smallest absolute Gasteiger partial charge is 0.337 e. The summed E-state index contributed by atoms with van der Waals surface area (Å²) in [5, 5.41) is 3.62. The molecular weight excluding hydrogens is 398 g/mol. The molecule has 2 aromatic heterocycles. The van der Waals surface area contributed by atoms with Crippen molar-refractivity contribution in [3.05, 3.63) is 76.4 Å². The molecule has 0 bridgehead atoms. The third kappa shape index (κ3) is 3.17. The van der Waals surface area contributed by atoms with Crippen molar-refractivity contribution in [2.24, 2.45) is 0 Å². The van der Waals surface area contributed by atoms with E-state index in [0.29, 0.717) is 24.3 Å². The maximum atomic E-state index is 13.1. The monoisotopic (exact) mass is 417 g/mol. The van der Waals surface area contributed by atoms with E-state index >= 15 is 0 Å². The predicted octanol–water partition coefficient (Wildman–Crippen LogP) is 4.28. The zero-order valence-corrected chi connectivity index (χ0v) is 17.2. The highest BCUT2D eigenvalue weighted by molar-refractivity contribution is 7.13. The molecule has 1 aliphatic rings. The summed E-state index contributed by atoms with van der Waals surface area (Å²) in [6.07, 6.45) is 0.735. The lowest BCUT2D eigenvalue weighted by molar-refractivity contribution is 0.0600. The summed E-state index contributed by atoms with van der Waals surface area (Å²) in [6, 6.07) is 15.3. The van der Waals surface area contributed by atoms with Gasteiger partial charge in [0.2, 0.25) is 0 Å². The van der Waals surface area contributed by atoms with Crippen LogP contribution >= 0.6 is 11.3 Å². The fraction of sp³-hybridized carbons (Fsp3) is 0.174. The highest BCUT2D eigenvalue weighted by atomic mass is 32.1. The third-order valence-electron chi connectivity index (χ3n) is 5.43. The van der Waals surface area contributed by atoms with E-state index < -0.39 is 0 Å². The Morgan fingerprint density at radius 1 is 1.17 bits per heavy atom. The molecule has 0 fully saturated rings. The van der Waals surface area contributed by atoms with Gasteiger partial charge in [-0.05, 0) is 18.2 Å². The van der Waals surface area contributed by atoms with E-state index in [9.17, 15) is 9.59 Å². The van der Waals surface area contributed by atoms with Gasteiger partial charge in [-0.1, -0.05) is 30.3 Å². The molecule has 0 radical (unpaired) electrons. The van der Waals surface area contributed by atoms with Crippen molar-refractivity contribution in [3.63, 3.8) is 0 Å². The van der Waals surface area contributed by atoms with E-state index in [-0.39, 0.29) is 11.9 Å². The van der Waals surface area contributed by atoms with Crippen LogP contribution in [0.2, 0.25) is 0 Å². The number of thiazole rings is 1. The van der Waals surface area contributed by atoms with Crippen LogP contribution in [0.4, 0.5) is 0 Å². The molecule has 150 valence electrons. The van der Waals surface area contributed by atoms with Gasteiger partial charge in [0.1, 0.15) is 10.7 Å². The molecule has 2 aromatic carbocycles. The number of benzene rings is 2. The Hall–Kier alpha value is -3.45. The second kappa shape index (κ2) is 7.42. The van der Waals surface area contributed by atoms with Gasteiger partial charge in [0, 0.05) is 52.6 Å². The molecule has 5 rings (SSSR count). The van der Waals surface area contributed by atoms with Crippen LogP contribution < -0.4 is 0 Å². The fourth-order valence-corrected chi connectivity index (χ4v) is 4.68. The number of ether oxygens (including phenoxy) is 1. The lowest BCUT2D eigenvalue weighted by Crippen LogP contribution is -2.36. The molecule has 7 heteroatoms. The predicted molar refractivity (Wildman–Crippen MR) is 116 cm³/mol. The Morgan fingerprint density at radius 3 is 2.80 bits per heavy atom. The zero-order valence-electron chi connectivity index (χ0n) is 16.3. The van der Waals surface area contributed by atoms with Crippen LogP contribution in [0, 0.1) is 0 Å². The van der Waals surface area contributed by atoms with Crippen molar-refractivity contribution >= 4 is 34.1 Å². The number of esters is 1. The lowest BCUT2D eigenvalue weighted by Gasteiger charge is -2.26. The van der Waals surface area contributed by atoms with Crippen molar-refractivity contribution in [1.82, 2.24) is 14.9 Å². The first-order chi connectivity index (χ1) is 14.6. The summed E-state index contributed by atoms with van der Waals surface area (Å²) in [5.74, 6) is -0.441. The molecule has 1 N–H and O–H groups in total. The minimum atomic E-state index is -0.369. The van der Waals surface area contributed by atoms with Gasteiger partial charge in [-0.3, -0.25) is 4.79 Å². The van der Waals surface area contributed by atoms with Gasteiger partial charge in [0.05, 0.1) is 12.7 Å². The number of aromatic nitrogens is 2. The minimum Gasteiger partial charge on any atom is -0.465 e. The van der Waals surface area contributed by atoms with Crippen molar-refractivity contribution in [2.75, 3.05) is 13.7 Å². The molecule has 0 unspecified atom stereocenters. The maximum absolute atomic E-state index is 13.1. The molecule has 4 aromatic rings. The van der Waals surface area contributed by atoms with Gasteiger partial charge in [0.15, 0.2) is 0 Å². The lowest BCUT2D eigenvalue weighted by atomic mass is 10.0. The molecule has 0 saturated heterocycles. The number of hydrogen-bond acceptors (Lipinski definition) is 5. The molecule has 0 spiro atoms. The summed E-state index contributed by atoms with van der Waals surface area (Å²) in [7, 11) is 1.37. The first kappa shape index (κ1) is 18.6. The van der Waals surface area contributed by atoms with E-state index in [1.807, 2.05) is 52.7 Å². The number of carbonyl (C=O) groups excluding carboxylic acids is 2.